The molecule has 2 rings (SSSR count). The molecule has 3 N–H and O–H groups in total. The van der Waals surface area contributed by atoms with E-state index in [9.17, 15) is 9.90 Å². The maximum atomic E-state index is 12.1. The van der Waals surface area contributed by atoms with Gasteiger partial charge in [0.05, 0.1) is 12.1 Å². The number of aliphatic hydroxyl groups is 1. The summed E-state index contributed by atoms with van der Waals surface area (Å²) in [5, 5.41) is 15.6. The third-order valence-electron chi connectivity index (χ3n) is 4.89. The molecule has 122 valence electrons. The van der Waals surface area contributed by atoms with Gasteiger partial charge in [-0.2, -0.15) is 0 Å². The van der Waals surface area contributed by atoms with Gasteiger partial charge in [-0.3, -0.25) is 0 Å². The molecule has 0 radical (unpaired) electrons. The molecular formula is C16H31N3O2. The number of hydrogen-bond donors (Lipinski definition) is 3. The van der Waals surface area contributed by atoms with E-state index < -0.39 is 0 Å². The molecule has 0 aromatic rings. The number of rotatable bonds is 5. The molecule has 2 fully saturated rings. The molecule has 21 heavy (non-hydrogen) atoms. The molecule has 1 saturated heterocycles. The Kier molecular flexibility index (Phi) is 5.88. The Hall–Kier alpha value is -0.810. The number of hydrogen-bond acceptors (Lipinski definition) is 3. The van der Waals surface area contributed by atoms with Crippen LogP contribution in [-0.2, 0) is 0 Å². The van der Waals surface area contributed by atoms with Crippen LogP contribution in [-0.4, -0.2) is 53.9 Å². The Bertz CT molecular complexity index is 342. The Morgan fingerprint density at radius 2 is 2.10 bits per heavy atom. The number of nitrogens with zero attached hydrogens (tertiary/aromatic N) is 1. The molecule has 2 atom stereocenters. The predicted molar refractivity (Wildman–Crippen MR) is 84.3 cm³/mol. The molecular weight excluding hydrogens is 266 g/mol. The van der Waals surface area contributed by atoms with Crippen molar-refractivity contribution < 1.29 is 9.90 Å². The zero-order valence-corrected chi connectivity index (χ0v) is 13.5. The minimum absolute atomic E-state index is 0.0401. The molecule has 1 aliphatic carbocycles. The number of carbonyl (C=O) groups is 1. The van der Waals surface area contributed by atoms with E-state index in [1.54, 1.807) is 0 Å². The van der Waals surface area contributed by atoms with Gasteiger partial charge in [0.2, 0.25) is 0 Å². The molecule has 0 aromatic heterocycles. The van der Waals surface area contributed by atoms with Crippen molar-refractivity contribution in [3.05, 3.63) is 0 Å². The van der Waals surface area contributed by atoms with Crippen molar-refractivity contribution in [3.8, 4) is 0 Å². The molecule has 2 aliphatic rings. The summed E-state index contributed by atoms with van der Waals surface area (Å²) in [6.07, 6.45) is 6.51. The van der Waals surface area contributed by atoms with Crippen LogP contribution in [0.2, 0.25) is 0 Å². The van der Waals surface area contributed by atoms with E-state index in [2.05, 4.69) is 29.4 Å². The van der Waals surface area contributed by atoms with Gasteiger partial charge in [0.15, 0.2) is 0 Å². The second kappa shape index (κ2) is 7.45. The predicted octanol–water partition coefficient (Wildman–Crippen LogP) is 1.71. The summed E-state index contributed by atoms with van der Waals surface area (Å²) in [5.74, 6) is 0.760. The van der Waals surface area contributed by atoms with Gasteiger partial charge in [-0.15, -0.1) is 0 Å². The number of urea groups is 1. The van der Waals surface area contributed by atoms with Gasteiger partial charge >= 0.3 is 6.03 Å². The van der Waals surface area contributed by atoms with Crippen molar-refractivity contribution in [1.82, 2.24) is 15.5 Å². The molecule has 5 nitrogen and oxygen atoms in total. The minimum Gasteiger partial charge on any atom is -0.394 e. The first-order chi connectivity index (χ1) is 10.0. The van der Waals surface area contributed by atoms with Crippen molar-refractivity contribution >= 4 is 6.03 Å². The van der Waals surface area contributed by atoms with Gasteiger partial charge in [-0.05, 0) is 45.1 Å². The maximum absolute atomic E-state index is 12.1. The van der Waals surface area contributed by atoms with E-state index in [-0.39, 0.29) is 24.2 Å². The highest BCUT2D eigenvalue weighted by atomic mass is 16.3. The van der Waals surface area contributed by atoms with Gasteiger partial charge in [-0.25, -0.2) is 4.79 Å². The summed E-state index contributed by atoms with van der Waals surface area (Å²) in [6, 6.07) is -0.00375. The van der Waals surface area contributed by atoms with Gasteiger partial charge in [-0.1, -0.05) is 19.8 Å². The van der Waals surface area contributed by atoms with Gasteiger partial charge in [0.1, 0.15) is 0 Å². The molecule has 0 spiro atoms. The van der Waals surface area contributed by atoms with Crippen LogP contribution in [0.1, 0.15) is 52.4 Å². The van der Waals surface area contributed by atoms with Crippen LogP contribution in [0.4, 0.5) is 4.79 Å². The zero-order valence-electron chi connectivity index (χ0n) is 13.5. The van der Waals surface area contributed by atoms with Crippen molar-refractivity contribution in [1.29, 1.82) is 0 Å². The number of carbonyl (C=O) groups excluding carboxylic acids is 1. The summed E-state index contributed by atoms with van der Waals surface area (Å²) in [7, 11) is 0. The Morgan fingerprint density at radius 3 is 2.71 bits per heavy atom. The fourth-order valence-corrected chi connectivity index (χ4v) is 3.76. The van der Waals surface area contributed by atoms with Crippen LogP contribution in [0.5, 0.6) is 0 Å². The van der Waals surface area contributed by atoms with Crippen molar-refractivity contribution in [2.45, 2.75) is 64.0 Å². The summed E-state index contributed by atoms with van der Waals surface area (Å²) in [6.45, 7) is 7.57. The third-order valence-corrected chi connectivity index (χ3v) is 4.89. The third kappa shape index (κ3) is 4.85. The first-order valence-corrected chi connectivity index (χ1v) is 8.45. The second-order valence-corrected chi connectivity index (χ2v) is 7.15. The average Bonchev–Trinajstić information content (AvgIpc) is 2.87. The summed E-state index contributed by atoms with van der Waals surface area (Å²) in [5.41, 5.74) is -0.385. The Balaban J connectivity index is 1.74. The van der Waals surface area contributed by atoms with Crippen molar-refractivity contribution in [3.63, 3.8) is 0 Å². The normalized spacial score (nSPS) is 27.3. The standard InChI is InChI=1S/C16H31N3O2/c1-13-6-5-9-19(10-13)11-14(2)17-15(21)18-16(12-20)7-3-4-8-16/h13-14,20H,3-12H2,1-2H3,(H2,17,18,21). The molecule has 2 amide bonds. The van der Waals surface area contributed by atoms with E-state index in [0.717, 1.165) is 51.2 Å². The lowest BCUT2D eigenvalue weighted by molar-refractivity contribution is 0.154. The van der Waals surface area contributed by atoms with Crippen LogP contribution in [0.25, 0.3) is 0 Å². The number of nitrogens with one attached hydrogen (secondary N) is 2. The molecule has 5 heteroatoms. The molecule has 1 saturated carbocycles. The SMILES string of the molecule is CC1CCCN(CC(C)NC(=O)NC2(CO)CCCC2)C1. The van der Waals surface area contributed by atoms with E-state index in [4.69, 9.17) is 0 Å². The fourth-order valence-electron chi connectivity index (χ4n) is 3.76. The van der Waals surface area contributed by atoms with Crippen molar-refractivity contribution in [2.75, 3.05) is 26.2 Å². The lowest BCUT2D eigenvalue weighted by Crippen LogP contribution is -2.55. The van der Waals surface area contributed by atoms with Gasteiger partial charge in [0, 0.05) is 19.1 Å². The van der Waals surface area contributed by atoms with Crippen molar-refractivity contribution in [2.24, 2.45) is 5.92 Å². The number of aliphatic hydroxyl groups excluding tert-OH is 1. The first-order valence-electron chi connectivity index (χ1n) is 8.45. The van der Waals surface area contributed by atoms with E-state index >= 15 is 0 Å². The number of amides is 2. The Labute approximate surface area is 128 Å². The Morgan fingerprint density at radius 1 is 1.38 bits per heavy atom. The van der Waals surface area contributed by atoms with Crippen LogP contribution in [0.3, 0.4) is 0 Å². The summed E-state index contributed by atoms with van der Waals surface area (Å²) < 4.78 is 0. The lowest BCUT2D eigenvalue weighted by Gasteiger charge is -2.33. The highest BCUT2D eigenvalue weighted by molar-refractivity contribution is 5.75. The summed E-state index contributed by atoms with van der Waals surface area (Å²) >= 11 is 0. The molecule has 2 unspecified atom stereocenters. The largest absolute Gasteiger partial charge is 0.394 e. The number of piperidine rings is 1. The highest BCUT2D eigenvalue weighted by Crippen LogP contribution is 2.28. The molecule has 0 aromatic carbocycles. The molecule has 1 aliphatic heterocycles. The van der Waals surface area contributed by atoms with Crippen LogP contribution < -0.4 is 10.6 Å². The van der Waals surface area contributed by atoms with Gasteiger partial charge < -0.3 is 20.6 Å². The van der Waals surface area contributed by atoms with Crippen LogP contribution in [0, 0.1) is 5.92 Å². The average molecular weight is 297 g/mol. The second-order valence-electron chi connectivity index (χ2n) is 7.15. The van der Waals surface area contributed by atoms with E-state index in [1.807, 2.05) is 0 Å². The quantitative estimate of drug-likeness (QED) is 0.724. The first kappa shape index (κ1) is 16.6. The van der Waals surface area contributed by atoms with Crippen LogP contribution in [0.15, 0.2) is 0 Å². The fraction of sp³-hybridized carbons (Fsp3) is 0.938. The van der Waals surface area contributed by atoms with Gasteiger partial charge in [0.25, 0.3) is 0 Å². The molecule has 0 bridgehead atoms. The highest BCUT2D eigenvalue weighted by Gasteiger charge is 2.34. The maximum Gasteiger partial charge on any atom is 0.315 e. The smallest absolute Gasteiger partial charge is 0.315 e. The topological polar surface area (TPSA) is 64.6 Å². The monoisotopic (exact) mass is 297 g/mol. The lowest BCUT2D eigenvalue weighted by atomic mass is 9.99. The number of likely N-dealkylation sites (tertiary alicyclic amines) is 1. The van der Waals surface area contributed by atoms with E-state index in [1.165, 1.54) is 12.8 Å². The minimum atomic E-state index is -0.385. The molecule has 1 heterocycles. The zero-order chi connectivity index (χ0) is 15.3. The van der Waals surface area contributed by atoms with E-state index in [0.29, 0.717) is 0 Å². The summed E-state index contributed by atoms with van der Waals surface area (Å²) in [4.78, 5) is 14.6. The van der Waals surface area contributed by atoms with Crippen LogP contribution >= 0.6 is 0 Å².